The summed E-state index contributed by atoms with van der Waals surface area (Å²) in [6.07, 6.45) is 1.32. The molecule has 2 N–H and O–H groups in total. The number of benzene rings is 1. The molecule has 0 spiro atoms. The summed E-state index contributed by atoms with van der Waals surface area (Å²) >= 11 is 0. The number of carbonyl (C=O) groups excluding carboxylic acids is 2. The highest BCUT2D eigenvalue weighted by Gasteiger charge is 2.22. The number of nitrogens with one attached hydrogen (secondary N) is 2. The van der Waals surface area contributed by atoms with E-state index in [4.69, 9.17) is 4.74 Å². The fourth-order valence-electron chi connectivity index (χ4n) is 3.17. The first-order chi connectivity index (χ1) is 12.5. The number of ether oxygens (including phenoxy) is 1. The molecular weight excluding hydrogens is 330 g/mol. The number of rotatable bonds is 9. The van der Waals surface area contributed by atoms with Crippen LogP contribution in [0.4, 0.5) is 0 Å². The lowest BCUT2D eigenvalue weighted by Crippen LogP contribution is -2.50. The molecule has 0 bridgehead atoms. The second-order valence-corrected chi connectivity index (χ2v) is 7.17. The molecule has 26 heavy (non-hydrogen) atoms. The zero-order valence-electron chi connectivity index (χ0n) is 15.9. The SMILES string of the molecule is CC(C)CC(CNC(=O)CNC(=O)Cc1ccccc1)N1CCOCC1. The fourth-order valence-corrected chi connectivity index (χ4v) is 3.17. The van der Waals surface area contributed by atoms with E-state index >= 15 is 0 Å². The molecule has 1 unspecified atom stereocenters. The number of carbonyl (C=O) groups is 2. The van der Waals surface area contributed by atoms with Crippen LogP contribution in [0.3, 0.4) is 0 Å². The van der Waals surface area contributed by atoms with Crippen molar-refractivity contribution in [2.45, 2.75) is 32.7 Å². The largest absolute Gasteiger partial charge is 0.379 e. The highest BCUT2D eigenvalue weighted by atomic mass is 16.5. The first kappa shape index (κ1) is 20.4. The molecule has 1 heterocycles. The monoisotopic (exact) mass is 361 g/mol. The second kappa shape index (κ2) is 10.9. The summed E-state index contributed by atoms with van der Waals surface area (Å²) in [5.41, 5.74) is 0.940. The van der Waals surface area contributed by atoms with Gasteiger partial charge in [0, 0.05) is 25.7 Å². The van der Waals surface area contributed by atoms with Crippen molar-refractivity contribution in [3.63, 3.8) is 0 Å². The van der Waals surface area contributed by atoms with Gasteiger partial charge in [0.05, 0.1) is 26.2 Å². The molecule has 1 aromatic rings. The lowest BCUT2D eigenvalue weighted by atomic mass is 10.0. The van der Waals surface area contributed by atoms with Crippen molar-refractivity contribution in [3.8, 4) is 0 Å². The minimum Gasteiger partial charge on any atom is -0.379 e. The van der Waals surface area contributed by atoms with Crippen molar-refractivity contribution >= 4 is 11.8 Å². The molecule has 2 rings (SSSR count). The Bertz CT molecular complexity index is 557. The predicted molar refractivity (Wildman–Crippen MR) is 102 cm³/mol. The summed E-state index contributed by atoms with van der Waals surface area (Å²) in [7, 11) is 0. The van der Waals surface area contributed by atoms with Gasteiger partial charge in [-0.25, -0.2) is 0 Å². The lowest BCUT2D eigenvalue weighted by Gasteiger charge is -2.35. The third kappa shape index (κ3) is 7.54. The Balaban J connectivity index is 1.72. The number of nitrogens with zero attached hydrogens (tertiary/aromatic N) is 1. The van der Waals surface area contributed by atoms with Gasteiger partial charge in [0.1, 0.15) is 0 Å². The van der Waals surface area contributed by atoms with E-state index in [1.807, 2.05) is 30.3 Å². The molecule has 0 aromatic heterocycles. The van der Waals surface area contributed by atoms with Crippen LogP contribution in [-0.2, 0) is 20.7 Å². The molecule has 0 saturated carbocycles. The average Bonchev–Trinajstić information content (AvgIpc) is 2.64. The quantitative estimate of drug-likeness (QED) is 0.694. The summed E-state index contributed by atoms with van der Waals surface area (Å²) < 4.78 is 5.42. The summed E-state index contributed by atoms with van der Waals surface area (Å²) in [4.78, 5) is 26.4. The lowest BCUT2D eigenvalue weighted by molar-refractivity contribution is -0.125. The number of morpholine rings is 1. The van der Waals surface area contributed by atoms with Gasteiger partial charge >= 0.3 is 0 Å². The van der Waals surface area contributed by atoms with E-state index in [0.29, 0.717) is 18.5 Å². The van der Waals surface area contributed by atoms with Crippen LogP contribution in [0.5, 0.6) is 0 Å². The molecule has 1 aromatic carbocycles. The molecule has 1 atom stereocenters. The molecule has 1 fully saturated rings. The Morgan fingerprint density at radius 1 is 1.08 bits per heavy atom. The van der Waals surface area contributed by atoms with Crippen LogP contribution in [0.1, 0.15) is 25.8 Å². The Kier molecular flexibility index (Phi) is 8.58. The van der Waals surface area contributed by atoms with E-state index in [1.165, 1.54) is 0 Å². The molecule has 1 aliphatic heterocycles. The summed E-state index contributed by atoms with van der Waals surface area (Å²) in [6.45, 7) is 8.31. The Labute approximate surface area is 156 Å². The van der Waals surface area contributed by atoms with Crippen LogP contribution in [0.15, 0.2) is 30.3 Å². The molecule has 1 saturated heterocycles. The van der Waals surface area contributed by atoms with E-state index in [2.05, 4.69) is 29.4 Å². The van der Waals surface area contributed by atoms with E-state index < -0.39 is 0 Å². The van der Waals surface area contributed by atoms with Gasteiger partial charge in [-0.3, -0.25) is 14.5 Å². The van der Waals surface area contributed by atoms with E-state index in [1.54, 1.807) is 0 Å². The maximum absolute atomic E-state index is 12.1. The van der Waals surface area contributed by atoms with Gasteiger partial charge in [0.2, 0.25) is 11.8 Å². The van der Waals surface area contributed by atoms with Crippen molar-refractivity contribution in [2.24, 2.45) is 5.92 Å². The van der Waals surface area contributed by atoms with Crippen molar-refractivity contribution in [2.75, 3.05) is 39.4 Å². The first-order valence-corrected chi connectivity index (χ1v) is 9.43. The van der Waals surface area contributed by atoms with Gasteiger partial charge in [0.25, 0.3) is 0 Å². The minimum absolute atomic E-state index is 0.0170. The van der Waals surface area contributed by atoms with E-state index in [-0.39, 0.29) is 24.8 Å². The molecule has 0 radical (unpaired) electrons. The molecule has 1 aliphatic rings. The van der Waals surface area contributed by atoms with E-state index in [0.717, 1.165) is 38.3 Å². The highest BCUT2D eigenvalue weighted by Crippen LogP contribution is 2.12. The van der Waals surface area contributed by atoms with E-state index in [9.17, 15) is 9.59 Å². The van der Waals surface area contributed by atoms with Crippen LogP contribution in [0, 0.1) is 5.92 Å². The number of hydrogen-bond donors (Lipinski definition) is 2. The Morgan fingerprint density at radius 3 is 2.42 bits per heavy atom. The molecule has 6 heteroatoms. The van der Waals surface area contributed by atoms with Gasteiger partial charge in [-0.1, -0.05) is 44.2 Å². The molecule has 0 aliphatic carbocycles. The standard InChI is InChI=1S/C20H31N3O3/c1-16(2)12-18(23-8-10-26-11-9-23)14-21-20(25)15-22-19(24)13-17-6-4-3-5-7-17/h3-7,16,18H,8-15H2,1-2H3,(H,21,25)(H,22,24). The summed E-state index contributed by atoms with van der Waals surface area (Å²) in [5, 5.41) is 5.66. The molecular formula is C20H31N3O3. The Hall–Kier alpha value is -1.92. The van der Waals surface area contributed by atoms with Crippen molar-refractivity contribution in [1.82, 2.24) is 15.5 Å². The average molecular weight is 361 g/mol. The van der Waals surface area contributed by atoms with Gasteiger partial charge in [-0.05, 0) is 17.9 Å². The van der Waals surface area contributed by atoms with Gasteiger partial charge in [0.15, 0.2) is 0 Å². The van der Waals surface area contributed by atoms with Gasteiger partial charge in [-0.2, -0.15) is 0 Å². The van der Waals surface area contributed by atoms with Crippen LogP contribution >= 0.6 is 0 Å². The normalized spacial score (nSPS) is 16.3. The third-order valence-electron chi connectivity index (χ3n) is 4.49. The zero-order chi connectivity index (χ0) is 18.8. The third-order valence-corrected chi connectivity index (χ3v) is 4.49. The highest BCUT2D eigenvalue weighted by molar-refractivity contribution is 5.85. The minimum atomic E-state index is -0.145. The summed E-state index contributed by atoms with van der Waals surface area (Å²) in [6, 6.07) is 9.82. The maximum Gasteiger partial charge on any atom is 0.239 e. The second-order valence-electron chi connectivity index (χ2n) is 7.17. The van der Waals surface area contributed by atoms with Crippen LogP contribution in [0.25, 0.3) is 0 Å². The van der Waals surface area contributed by atoms with Gasteiger partial charge in [-0.15, -0.1) is 0 Å². The first-order valence-electron chi connectivity index (χ1n) is 9.43. The van der Waals surface area contributed by atoms with Crippen molar-refractivity contribution in [1.29, 1.82) is 0 Å². The molecule has 144 valence electrons. The topological polar surface area (TPSA) is 70.7 Å². The predicted octanol–water partition coefficient (Wildman–Crippen LogP) is 1.21. The van der Waals surface area contributed by atoms with Crippen molar-refractivity contribution < 1.29 is 14.3 Å². The Morgan fingerprint density at radius 2 is 1.77 bits per heavy atom. The number of amides is 2. The van der Waals surface area contributed by atoms with Crippen LogP contribution in [-0.4, -0.2) is 62.1 Å². The number of hydrogen-bond acceptors (Lipinski definition) is 4. The fraction of sp³-hybridized carbons (Fsp3) is 0.600. The smallest absolute Gasteiger partial charge is 0.239 e. The van der Waals surface area contributed by atoms with Crippen LogP contribution < -0.4 is 10.6 Å². The zero-order valence-corrected chi connectivity index (χ0v) is 15.9. The van der Waals surface area contributed by atoms with Gasteiger partial charge < -0.3 is 15.4 Å². The molecule has 6 nitrogen and oxygen atoms in total. The maximum atomic E-state index is 12.1. The summed E-state index contributed by atoms with van der Waals surface area (Å²) in [5.74, 6) is 0.275. The molecule has 2 amide bonds. The van der Waals surface area contributed by atoms with Crippen molar-refractivity contribution in [3.05, 3.63) is 35.9 Å². The van der Waals surface area contributed by atoms with Crippen LogP contribution in [0.2, 0.25) is 0 Å².